The van der Waals surface area contributed by atoms with Crippen LogP contribution in [0.25, 0.3) is 0 Å². The van der Waals surface area contributed by atoms with Crippen LogP contribution < -0.4 is 20.9 Å². The first-order valence-corrected chi connectivity index (χ1v) is 6.96. The number of carbonyl (C=O) groups is 2. The van der Waals surface area contributed by atoms with E-state index in [9.17, 15) is 9.59 Å². The van der Waals surface area contributed by atoms with E-state index in [2.05, 4.69) is 26.3 Å². The maximum absolute atomic E-state index is 12.5. The van der Waals surface area contributed by atoms with Crippen LogP contribution in [0.1, 0.15) is 10.4 Å². The molecule has 0 saturated heterocycles. The number of hydrogen-bond acceptors (Lipinski definition) is 4. The Labute approximate surface area is 135 Å². The number of aromatic nitrogens is 1. The number of methoxy groups -OCH3 is 1. The van der Waals surface area contributed by atoms with E-state index in [1.807, 2.05) is 0 Å². The highest BCUT2D eigenvalue weighted by Crippen LogP contribution is 2.18. The van der Waals surface area contributed by atoms with E-state index in [0.717, 1.165) is 9.48 Å². The number of nitrogens with zero attached hydrogens (tertiary/aromatic N) is 2. The molecule has 0 bridgehead atoms. The van der Waals surface area contributed by atoms with Crippen LogP contribution in [-0.2, 0) is 0 Å². The number of ether oxygens (including phenoxy) is 1. The van der Waals surface area contributed by atoms with Crippen molar-refractivity contribution in [3.63, 3.8) is 0 Å². The molecule has 0 spiro atoms. The molecule has 2 aromatic rings. The average Bonchev–Trinajstić information content (AvgIpc) is 2.53. The van der Waals surface area contributed by atoms with E-state index in [1.54, 1.807) is 36.4 Å². The summed E-state index contributed by atoms with van der Waals surface area (Å²) in [6, 6.07) is 8.99. The van der Waals surface area contributed by atoms with Crippen LogP contribution in [0.15, 0.2) is 47.1 Å². The number of urea groups is 1. The lowest BCUT2D eigenvalue weighted by atomic mass is 10.2. The summed E-state index contributed by atoms with van der Waals surface area (Å²) in [7, 11) is 1.48. The van der Waals surface area contributed by atoms with Crippen molar-refractivity contribution in [2.45, 2.75) is 0 Å². The molecule has 0 aliphatic carbocycles. The predicted octanol–water partition coefficient (Wildman–Crippen LogP) is 2.08. The Bertz CT molecular complexity index is 673. The first-order valence-electron chi connectivity index (χ1n) is 6.17. The van der Waals surface area contributed by atoms with Gasteiger partial charge in [0.15, 0.2) is 0 Å². The highest BCUT2D eigenvalue weighted by Gasteiger charge is 2.19. The number of benzene rings is 1. The zero-order chi connectivity index (χ0) is 16.1. The molecule has 1 aromatic heterocycles. The molecule has 0 unspecified atom stereocenters. The quantitative estimate of drug-likeness (QED) is 0.814. The number of primary amides is 1. The summed E-state index contributed by atoms with van der Waals surface area (Å²) >= 11 is 3.29. The number of rotatable bonds is 3. The molecule has 0 radical (unpaired) electrons. The van der Waals surface area contributed by atoms with Gasteiger partial charge in [0.1, 0.15) is 0 Å². The molecular formula is C14H13BrN4O3. The highest BCUT2D eigenvalue weighted by molar-refractivity contribution is 9.10. The van der Waals surface area contributed by atoms with Crippen molar-refractivity contribution in [2.24, 2.45) is 5.73 Å². The van der Waals surface area contributed by atoms with Gasteiger partial charge in [0.05, 0.1) is 19.0 Å². The smallest absolute Gasteiger partial charge is 0.331 e. The number of nitrogens with two attached hydrogens (primary N) is 1. The second kappa shape index (κ2) is 6.90. The molecule has 0 saturated carbocycles. The largest absolute Gasteiger partial charge is 0.481 e. The first-order chi connectivity index (χ1) is 10.5. The Balaban J connectivity index is 2.33. The summed E-state index contributed by atoms with van der Waals surface area (Å²) in [6.45, 7) is 0. The van der Waals surface area contributed by atoms with Gasteiger partial charge in [0.25, 0.3) is 5.91 Å². The Hall–Kier alpha value is -2.61. The summed E-state index contributed by atoms with van der Waals surface area (Å²) < 4.78 is 5.79. The lowest BCUT2D eigenvalue weighted by molar-refractivity contribution is 0.0976. The number of nitrogens with one attached hydrogen (secondary N) is 1. The fourth-order valence-corrected chi connectivity index (χ4v) is 1.95. The van der Waals surface area contributed by atoms with Crippen LogP contribution >= 0.6 is 15.9 Å². The molecule has 0 fully saturated rings. The molecule has 7 nitrogen and oxygen atoms in total. The fraction of sp³-hybridized carbons (Fsp3) is 0.0714. The minimum absolute atomic E-state index is 0.354. The molecule has 3 amide bonds. The maximum atomic E-state index is 12.5. The molecule has 22 heavy (non-hydrogen) atoms. The second-order valence-electron chi connectivity index (χ2n) is 4.18. The number of hydrogen-bond donors (Lipinski definition) is 2. The zero-order valence-corrected chi connectivity index (χ0v) is 13.2. The monoisotopic (exact) mass is 364 g/mol. The number of anilines is 1. The van der Waals surface area contributed by atoms with Crippen LogP contribution in [-0.4, -0.2) is 24.0 Å². The van der Waals surface area contributed by atoms with Gasteiger partial charge in [0, 0.05) is 16.1 Å². The van der Waals surface area contributed by atoms with Gasteiger partial charge in [-0.15, -0.1) is 0 Å². The maximum Gasteiger partial charge on any atom is 0.331 e. The number of halogens is 1. The molecule has 114 valence electrons. The van der Waals surface area contributed by atoms with Crippen LogP contribution in [0.5, 0.6) is 5.88 Å². The minimum atomic E-state index is -0.860. The summed E-state index contributed by atoms with van der Waals surface area (Å²) in [4.78, 5) is 27.7. The molecule has 0 aliphatic heterocycles. The van der Waals surface area contributed by atoms with Gasteiger partial charge in [-0.1, -0.05) is 15.9 Å². The Kier molecular flexibility index (Phi) is 4.95. The lowest BCUT2D eigenvalue weighted by Gasteiger charge is -2.22. The number of amides is 3. The Morgan fingerprint density at radius 1 is 1.23 bits per heavy atom. The van der Waals surface area contributed by atoms with E-state index in [-0.39, 0.29) is 0 Å². The van der Waals surface area contributed by atoms with Crippen LogP contribution in [0.4, 0.5) is 10.5 Å². The van der Waals surface area contributed by atoms with E-state index >= 15 is 0 Å². The van der Waals surface area contributed by atoms with Gasteiger partial charge in [-0.05, 0) is 30.3 Å². The minimum Gasteiger partial charge on any atom is -0.481 e. The third-order valence-corrected chi connectivity index (χ3v) is 3.23. The fourth-order valence-electron chi connectivity index (χ4n) is 1.69. The molecule has 8 heteroatoms. The van der Waals surface area contributed by atoms with Crippen LogP contribution in [0.2, 0.25) is 0 Å². The average molecular weight is 365 g/mol. The molecule has 0 aliphatic rings. The van der Waals surface area contributed by atoms with Crippen molar-refractivity contribution in [3.05, 3.63) is 52.6 Å². The third-order valence-electron chi connectivity index (χ3n) is 2.70. The van der Waals surface area contributed by atoms with Crippen molar-refractivity contribution >= 4 is 33.6 Å². The lowest BCUT2D eigenvalue weighted by Crippen LogP contribution is -2.48. The molecule has 0 atom stereocenters. The van der Waals surface area contributed by atoms with Gasteiger partial charge < -0.3 is 10.5 Å². The normalized spacial score (nSPS) is 9.91. The Morgan fingerprint density at radius 2 is 1.91 bits per heavy atom. The number of carbonyl (C=O) groups excluding carboxylic acids is 2. The van der Waals surface area contributed by atoms with Crippen molar-refractivity contribution < 1.29 is 14.3 Å². The highest BCUT2D eigenvalue weighted by atomic mass is 79.9. The van der Waals surface area contributed by atoms with Gasteiger partial charge in [-0.25, -0.2) is 20.2 Å². The number of hydrazine groups is 1. The molecule has 3 N–H and O–H groups in total. The molecular weight excluding hydrogens is 352 g/mol. The van der Waals surface area contributed by atoms with E-state index in [1.165, 1.54) is 13.3 Å². The second-order valence-corrected chi connectivity index (χ2v) is 5.10. The van der Waals surface area contributed by atoms with Crippen molar-refractivity contribution in [1.29, 1.82) is 0 Å². The van der Waals surface area contributed by atoms with Crippen molar-refractivity contribution in [1.82, 2.24) is 10.4 Å². The standard InChI is InChI=1S/C14H13BrN4O3/c1-22-12-7-6-11(8-17-12)19(18-14(16)21)13(20)9-2-4-10(15)5-3-9/h2-8H,1H3,(H3,16,18,21). The van der Waals surface area contributed by atoms with Gasteiger partial charge in [-0.2, -0.15) is 0 Å². The van der Waals surface area contributed by atoms with Gasteiger partial charge in [-0.3, -0.25) is 4.79 Å². The molecule has 2 rings (SSSR count). The summed E-state index contributed by atoms with van der Waals surface area (Å²) in [5.41, 5.74) is 8.14. The van der Waals surface area contributed by atoms with E-state index in [4.69, 9.17) is 10.5 Å². The third kappa shape index (κ3) is 3.73. The molecule has 1 heterocycles. The SMILES string of the molecule is COc1ccc(N(NC(N)=O)C(=O)c2ccc(Br)cc2)cn1. The first kappa shape index (κ1) is 15.8. The van der Waals surface area contributed by atoms with Crippen molar-refractivity contribution in [3.8, 4) is 5.88 Å². The number of pyridine rings is 1. The summed E-state index contributed by atoms with van der Waals surface area (Å²) in [5, 5.41) is 1.03. The Morgan fingerprint density at radius 3 is 2.41 bits per heavy atom. The van der Waals surface area contributed by atoms with Gasteiger partial charge >= 0.3 is 6.03 Å². The summed E-state index contributed by atoms with van der Waals surface area (Å²) in [6.07, 6.45) is 1.39. The zero-order valence-electron chi connectivity index (χ0n) is 11.6. The van der Waals surface area contributed by atoms with Crippen LogP contribution in [0, 0.1) is 0 Å². The van der Waals surface area contributed by atoms with Crippen LogP contribution in [0.3, 0.4) is 0 Å². The summed E-state index contributed by atoms with van der Waals surface area (Å²) in [5.74, 6) is -0.0582. The van der Waals surface area contributed by atoms with E-state index in [0.29, 0.717) is 17.1 Å². The molecule has 1 aromatic carbocycles. The van der Waals surface area contributed by atoms with Crippen molar-refractivity contribution in [2.75, 3.05) is 12.1 Å². The predicted molar refractivity (Wildman–Crippen MR) is 84.5 cm³/mol. The van der Waals surface area contributed by atoms with E-state index < -0.39 is 11.9 Å². The topological polar surface area (TPSA) is 97.5 Å². The van der Waals surface area contributed by atoms with Gasteiger partial charge in [0.2, 0.25) is 5.88 Å².